The normalized spacial score (nSPS) is 10.5. The molecule has 0 atom stereocenters. The van der Waals surface area contributed by atoms with E-state index in [1.54, 1.807) is 0 Å². The quantitative estimate of drug-likeness (QED) is 0.669. The fourth-order valence-electron chi connectivity index (χ4n) is 1.49. The molecular formula is C12H14N2. The number of benzene rings is 1. The zero-order chi connectivity index (χ0) is 10.1. The van der Waals surface area contributed by atoms with Crippen LogP contribution in [0.25, 0.3) is 11.3 Å². The molecular weight excluding hydrogens is 172 g/mol. The number of aromatic nitrogens is 2. The van der Waals surface area contributed by atoms with Gasteiger partial charge >= 0.3 is 0 Å². The highest BCUT2D eigenvalue weighted by atomic mass is 15.0. The van der Waals surface area contributed by atoms with Crippen molar-refractivity contribution in [1.82, 2.24) is 9.55 Å². The molecule has 0 amide bonds. The maximum atomic E-state index is 4.28. The minimum atomic E-state index is 1.04. The second-order valence-electron chi connectivity index (χ2n) is 3.62. The summed E-state index contributed by atoms with van der Waals surface area (Å²) in [6.45, 7) is 4.11. The minimum Gasteiger partial charge on any atom is -0.331 e. The highest BCUT2D eigenvalue weighted by molar-refractivity contribution is 5.59. The Morgan fingerprint density at radius 3 is 2.21 bits per heavy atom. The average Bonchev–Trinajstić information content (AvgIpc) is 2.50. The maximum Gasteiger partial charge on any atom is 0.105 e. The summed E-state index contributed by atoms with van der Waals surface area (Å²) in [7, 11) is 2.04. The molecule has 0 N–H and O–H groups in total. The van der Waals surface area contributed by atoms with Crippen LogP contribution in [-0.4, -0.2) is 9.55 Å². The van der Waals surface area contributed by atoms with Gasteiger partial charge in [-0.1, -0.05) is 29.8 Å². The Balaban J connectivity index is 2.49. The Kier molecular flexibility index (Phi) is 2.12. The molecule has 0 unspecified atom stereocenters. The second kappa shape index (κ2) is 3.29. The Labute approximate surface area is 84.2 Å². The third-order valence-electron chi connectivity index (χ3n) is 2.57. The highest BCUT2D eigenvalue weighted by Crippen LogP contribution is 2.19. The van der Waals surface area contributed by atoms with Crippen molar-refractivity contribution < 1.29 is 0 Å². The third kappa shape index (κ3) is 1.43. The first-order valence-electron chi connectivity index (χ1n) is 4.74. The minimum absolute atomic E-state index is 1.04. The lowest BCUT2D eigenvalue weighted by Gasteiger charge is -2.03. The van der Waals surface area contributed by atoms with Crippen molar-refractivity contribution in [3.63, 3.8) is 0 Å². The monoisotopic (exact) mass is 186 g/mol. The van der Waals surface area contributed by atoms with Crippen LogP contribution in [0.15, 0.2) is 30.5 Å². The molecule has 2 rings (SSSR count). The van der Waals surface area contributed by atoms with E-state index in [1.807, 2.05) is 20.2 Å². The molecule has 2 nitrogen and oxygen atoms in total. The first-order valence-corrected chi connectivity index (χ1v) is 4.74. The Bertz CT molecular complexity index is 438. The zero-order valence-electron chi connectivity index (χ0n) is 8.78. The van der Waals surface area contributed by atoms with Gasteiger partial charge in [-0.2, -0.15) is 0 Å². The van der Waals surface area contributed by atoms with Gasteiger partial charge in [-0.15, -0.1) is 0 Å². The molecule has 0 spiro atoms. The van der Waals surface area contributed by atoms with Crippen molar-refractivity contribution in [2.75, 3.05) is 0 Å². The summed E-state index contributed by atoms with van der Waals surface area (Å²) in [5, 5.41) is 0. The van der Waals surface area contributed by atoms with Crippen molar-refractivity contribution in [2.24, 2.45) is 7.05 Å². The van der Waals surface area contributed by atoms with E-state index in [2.05, 4.69) is 40.7 Å². The first kappa shape index (κ1) is 9.00. The average molecular weight is 186 g/mol. The number of imidazole rings is 1. The van der Waals surface area contributed by atoms with Crippen LogP contribution in [-0.2, 0) is 7.05 Å². The van der Waals surface area contributed by atoms with Crippen molar-refractivity contribution >= 4 is 0 Å². The van der Waals surface area contributed by atoms with Gasteiger partial charge in [0, 0.05) is 7.05 Å². The lowest BCUT2D eigenvalue weighted by atomic mass is 10.1. The largest absolute Gasteiger partial charge is 0.331 e. The summed E-state index contributed by atoms with van der Waals surface area (Å²) in [5.74, 6) is 1.04. The SMILES string of the molecule is Cc1ccc(-c2cnc(C)n2C)cc1. The molecule has 0 radical (unpaired) electrons. The summed E-state index contributed by atoms with van der Waals surface area (Å²) in [4.78, 5) is 4.28. The Morgan fingerprint density at radius 2 is 1.71 bits per heavy atom. The van der Waals surface area contributed by atoms with Crippen LogP contribution in [0, 0.1) is 13.8 Å². The Hall–Kier alpha value is -1.57. The van der Waals surface area contributed by atoms with E-state index >= 15 is 0 Å². The molecule has 14 heavy (non-hydrogen) atoms. The number of hydrogen-bond acceptors (Lipinski definition) is 1. The zero-order valence-corrected chi connectivity index (χ0v) is 8.78. The van der Waals surface area contributed by atoms with Crippen LogP contribution in [0.2, 0.25) is 0 Å². The van der Waals surface area contributed by atoms with Gasteiger partial charge in [0.2, 0.25) is 0 Å². The molecule has 1 heterocycles. The number of hydrogen-bond donors (Lipinski definition) is 0. The second-order valence-corrected chi connectivity index (χ2v) is 3.62. The predicted octanol–water partition coefficient (Wildman–Crippen LogP) is 2.70. The molecule has 0 saturated heterocycles. The summed E-state index contributed by atoms with van der Waals surface area (Å²) < 4.78 is 2.10. The van der Waals surface area contributed by atoms with Gasteiger partial charge in [-0.05, 0) is 19.4 Å². The highest BCUT2D eigenvalue weighted by Gasteiger charge is 2.04. The van der Waals surface area contributed by atoms with Gasteiger partial charge in [-0.25, -0.2) is 4.98 Å². The summed E-state index contributed by atoms with van der Waals surface area (Å²) in [6, 6.07) is 8.51. The van der Waals surface area contributed by atoms with Crippen LogP contribution in [0.4, 0.5) is 0 Å². The van der Waals surface area contributed by atoms with Gasteiger partial charge in [0.25, 0.3) is 0 Å². The fraction of sp³-hybridized carbons (Fsp3) is 0.250. The molecule has 0 aliphatic rings. The van der Waals surface area contributed by atoms with Gasteiger partial charge in [0.15, 0.2) is 0 Å². The molecule has 0 aliphatic carbocycles. The predicted molar refractivity (Wildman–Crippen MR) is 58.1 cm³/mol. The molecule has 72 valence electrons. The number of nitrogens with zero attached hydrogens (tertiary/aromatic N) is 2. The molecule has 0 bridgehead atoms. The van der Waals surface area contributed by atoms with E-state index in [-0.39, 0.29) is 0 Å². The van der Waals surface area contributed by atoms with Gasteiger partial charge in [0.05, 0.1) is 11.9 Å². The molecule has 1 aromatic heterocycles. The number of aryl methyl sites for hydroxylation is 2. The van der Waals surface area contributed by atoms with Crippen LogP contribution in [0.1, 0.15) is 11.4 Å². The van der Waals surface area contributed by atoms with Gasteiger partial charge in [0.1, 0.15) is 5.82 Å². The van der Waals surface area contributed by atoms with E-state index in [1.165, 1.54) is 16.8 Å². The van der Waals surface area contributed by atoms with Crippen molar-refractivity contribution in [2.45, 2.75) is 13.8 Å². The molecule has 2 aromatic rings. The molecule has 0 saturated carbocycles. The third-order valence-corrected chi connectivity index (χ3v) is 2.57. The first-order chi connectivity index (χ1) is 6.68. The summed E-state index contributed by atoms with van der Waals surface area (Å²) in [6.07, 6.45) is 1.92. The van der Waals surface area contributed by atoms with Crippen molar-refractivity contribution in [3.8, 4) is 11.3 Å². The molecule has 0 aliphatic heterocycles. The van der Waals surface area contributed by atoms with Crippen LogP contribution >= 0.6 is 0 Å². The van der Waals surface area contributed by atoms with Crippen LogP contribution < -0.4 is 0 Å². The van der Waals surface area contributed by atoms with E-state index in [9.17, 15) is 0 Å². The molecule has 0 fully saturated rings. The lowest BCUT2D eigenvalue weighted by molar-refractivity contribution is 0.865. The standard InChI is InChI=1S/C12H14N2/c1-9-4-6-11(7-5-9)12-8-13-10(2)14(12)3/h4-8H,1-3H3. The van der Waals surface area contributed by atoms with Crippen LogP contribution in [0.5, 0.6) is 0 Å². The lowest BCUT2D eigenvalue weighted by Crippen LogP contribution is -1.93. The summed E-state index contributed by atoms with van der Waals surface area (Å²) in [5.41, 5.74) is 3.67. The van der Waals surface area contributed by atoms with Gasteiger partial charge in [-0.3, -0.25) is 0 Å². The maximum absolute atomic E-state index is 4.28. The number of rotatable bonds is 1. The van der Waals surface area contributed by atoms with E-state index in [0.717, 1.165) is 5.82 Å². The fourth-order valence-corrected chi connectivity index (χ4v) is 1.49. The van der Waals surface area contributed by atoms with Crippen molar-refractivity contribution in [3.05, 3.63) is 41.9 Å². The van der Waals surface area contributed by atoms with Crippen molar-refractivity contribution in [1.29, 1.82) is 0 Å². The smallest absolute Gasteiger partial charge is 0.105 e. The van der Waals surface area contributed by atoms with E-state index in [0.29, 0.717) is 0 Å². The Morgan fingerprint density at radius 1 is 1.07 bits per heavy atom. The van der Waals surface area contributed by atoms with E-state index in [4.69, 9.17) is 0 Å². The molecule has 1 aromatic carbocycles. The van der Waals surface area contributed by atoms with Gasteiger partial charge < -0.3 is 4.57 Å². The molecule has 2 heteroatoms. The summed E-state index contributed by atoms with van der Waals surface area (Å²) >= 11 is 0. The van der Waals surface area contributed by atoms with E-state index < -0.39 is 0 Å². The van der Waals surface area contributed by atoms with Crippen LogP contribution in [0.3, 0.4) is 0 Å². The topological polar surface area (TPSA) is 17.8 Å².